The smallest absolute Gasteiger partial charge is 0.407 e. The lowest BCUT2D eigenvalue weighted by Crippen LogP contribution is -2.47. The summed E-state index contributed by atoms with van der Waals surface area (Å²) in [7, 11) is 0. The van der Waals surface area contributed by atoms with E-state index >= 15 is 0 Å². The van der Waals surface area contributed by atoms with Gasteiger partial charge in [-0.3, -0.25) is 9.69 Å². The summed E-state index contributed by atoms with van der Waals surface area (Å²) in [5.74, 6) is -0.573. The molecule has 2 aliphatic rings. The van der Waals surface area contributed by atoms with Crippen LogP contribution in [0.2, 0.25) is 0 Å². The van der Waals surface area contributed by atoms with Crippen molar-refractivity contribution in [1.29, 1.82) is 0 Å². The van der Waals surface area contributed by atoms with Crippen LogP contribution in [0, 0.1) is 11.7 Å². The number of carboxylic acid groups (broad SMARTS) is 1. The zero-order valence-electron chi connectivity index (χ0n) is 16.3. The number of carbonyl (C=O) groups excluding carboxylic acids is 1. The summed E-state index contributed by atoms with van der Waals surface area (Å²) in [6, 6.07) is 13.0. The number of hydrogen-bond donors (Lipinski definition) is 2. The van der Waals surface area contributed by atoms with Crippen LogP contribution in [0.5, 0.6) is 0 Å². The van der Waals surface area contributed by atoms with Gasteiger partial charge in [-0.25, -0.2) is 9.18 Å². The summed E-state index contributed by atoms with van der Waals surface area (Å²) in [5, 5.41) is 13.0. The highest BCUT2D eigenvalue weighted by molar-refractivity contribution is 5.83. The zero-order chi connectivity index (χ0) is 20.5. The molecule has 1 unspecified atom stereocenters. The molecule has 0 radical (unpaired) electrons. The van der Waals surface area contributed by atoms with Crippen LogP contribution in [0.3, 0.4) is 0 Å². The standard InChI is InChI=1S/C23H25FN2O3/c1-14(16-8-10-18(24)11-9-16)22(27)25-20-12-17-4-2-3-5-19(17)21(20)26(23(28)29)13-15-6-7-15/h2-5,8-11,14-15,20-21H,6-7,12-13H2,1H3,(H,25,27)(H,28,29)/t14?,20-,21-/m0/s1. The molecule has 2 aromatic carbocycles. The average Bonchev–Trinajstić information content (AvgIpc) is 3.46. The van der Waals surface area contributed by atoms with Crippen LogP contribution in [0.25, 0.3) is 0 Å². The van der Waals surface area contributed by atoms with Crippen molar-refractivity contribution in [3.05, 3.63) is 71.0 Å². The molecule has 1 saturated carbocycles. The SMILES string of the molecule is CC(C(=O)N[C@H]1Cc2ccccc2[C@@H]1N(CC1CC1)C(=O)O)c1ccc(F)cc1. The van der Waals surface area contributed by atoms with E-state index in [-0.39, 0.29) is 17.8 Å². The maximum Gasteiger partial charge on any atom is 0.407 e. The summed E-state index contributed by atoms with van der Waals surface area (Å²) in [6.07, 6.45) is 1.74. The molecule has 1 fully saturated rings. The fourth-order valence-corrected chi connectivity index (χ4v) is 4.19. The molecule has 0 heterocycles. The van der Waals surface area contributed by atoms with Gasteiger partial charge in [0.05, 0.1) is 18.0 Å². The van der Waals surface area contributed by atoms with Gasteiger partial charge in [0.25, 0.3) is 0 Å². The van der Waals surface area contributed by atoms with Gasteiger partial charge in [0.15, 0.2) is 0 Å². The number of benzene rings is 2. The summed E-state index contributed by atoms with van der Waals surface area (Å²) >= 11 is 0. The Morgan fingerprint density at radius 3 is 2.52 bits per heavy atom. The number of rotatable bonds is 6. The molecule has 2 aliphatic carbocycles. The van der Waals surface area contributed by atoms with E-state index in [0.717, 1.165) is 29.5 Å². The predicted molar refractivity (Wildman–Crippen MR) is 107 cm³/mol. The largest absolute Gasteiger partial charge is 0.465 e. The van der Waals surface area contributed by atoms with Crippen LogP contribution >= 0.6 is 0 Å². The van der Waals surface area contributed by atoms with E-state index in [4.69, 9.17) is 0 Å². The van der Waals surface area contributed by atoms with Crippen LogP contribution in [0.1, 0.15) is 48.4 Å². The first-order chi connectivity index (χ1) is 13.9. The molecule has 29 heavy (non-hydrogen) atoms. The van der Waals surface area contributed by atoms with E-state index in [2.05, 4.69) is 5.32 Å². The van der Waals surface area contributed by atoms with Gasteiger partial charge in [0.1, 0.15) is 5.82 Å². The second-order valence-electron chi connectivity index (χ2n) is 8.11. The maximum atomic E-state index is 13.2. The number of amides is 2. The van der Waals surface area contributed by atoms with E-state index in [9.17, 15) is 19.1 Å². The molecular formula is C23H25FN2O3. The fourth-order valence-electron chi connectivity index (χ4n) is 4.19. The van der Waals surface area contributed by atoms with E-state index < -0.39 is 18.1 Å². The molecule has 2 N–H and O–H groups in total. The number of nitrogens with one attached hydrogen (secondary N) is 1. The van der Waals surface area contributed by atoms with Crippen LogP contribution < -0.4 is 5.32 Å². The van der Waals surface area contributed by atoms with Gasteiger partial charge in [-0.15, -0.1) is 0 Å². The minimum absolute atomic E-state index is 0.184. The Hall–Kier alpha value is -2.89. The number of halogens is 1. The lowest BCUT2D eigenvalue weighted by molar-refractivity contribution is -0.123. The summed E-state index contributed by atoms with van der Waals surface area (Å²) in [6.45, 7) is 2.27. The molecule has 0 saturated heterocycles. The van der Waals surface area contributed by atoms with Crippen molar-refractivity contribution in [2.24, 2.45) is 5.92 Å². The Bertz CT molecular complexity index is 911. The molecule has 6 heteroatoms. The lowest BCUT2D eigenvalue weighted by Gasteiger charge is -2.32. The van der Waals surface area contributed by atoms with Crippen molar-refractivity contribution in [3.63, 3.8) is 0 Å². The molecule has 2 aromatic rings. The van der Waals surface area contributed by atoms with E-state index in [0.29, 0.717) is 18.9 Å². The highest BCUT2D eigenvalue weighted by atomic mass is 19.1. The first-order valence-electron chi connectivity index (χ1n) is 10.1. The fraction of sp³-hybridized carbons (Fsp3) is 0.391. The Kier molecular flexibility index (Phi) is 5.26. The summed E-state index contributed by atoms with van der Waals surface area (Å²) in [4.78, 5) is 26.5. The third kappa shape index (κ3) is 4.11. The number of nitrogens with zero attached hydrogens (tertiary/aromatic N) is 1. The van der Waals surface area contributed by atoms with Gasteiger partial charge in [-0.2, -0.15) is 0 Å². The minimum atomic E-state index is -0.954. The van der Waals surface area contributed by atoms with E-state index in [1.165, 1.54) is 17.0 Å². The Morgan fingerprint density at radius 2 is 1.86 bits per heavy atom. The molecule has 0 aromatic heterocycles. The highest BCUT2D eigenvalue weighted by Crippen LogP contribution is 2.39. The molecule has 5 nitrogen and oxygen atoms in total. The van der Waals surface area contributed by atoms with Gasteiger partial charge in [0, 0.05) is 6.54 Å². The van der Waals surface area contributed by atoms with E-state index in [1.54, 1.807) is 19.1 Å². The molecule has 0 spiro atoms. The van der Waals surface area contributed by atoms with Gasteiger partial charge in [-0.1, -0.05) is 36.4 Å². The molecule has 3 atom stereocenters. The third-order valence-corrected chi connectivity index (χ3v) is 6.02. The summed E-state index contributed by atoms with van der Waals surface area (Å²) < 4.78 is 13.2. The Morgan fingerprint density at radius 1 is 1.17 bits per heavy atom. The van der Waals surface area contributed by atoms with Crippen LogP contribution in [-0.4, -0.2) is 34.6 Å². The number of fused-ring (bicyclic) bond motifs is 1. The number of carbonyl (C=O) groups is 2. The van der Waals surface area contributed by atoms with Crippen molar-refractivity contribution in [3.8, 4) is 0 Å². The molecule has 4 rings (SSSR count). The molecular weight excluding hydrogens is 371 g/mol. The Labute approximate surface area is 169 Å². The molecule has 152 valence electrons. The topological polar surface area (TPSA) is 69.6 Å². The maximum absolute atomic E-state index is 13.2. The molecule has 2 amide bonds. The van der Waals surface area contributed by atoms with Gasteiger partial charge >= 0.3 is 6.09 Å². The second-order valence-corrected chi connectivity index (χ2v) is 8.11. The van der Waals surface area contributed by atoms with Gasteiger partial charge in [0.2, 0.25) is 5.91 Å². The average molecular weight is 396 g/mol. The third-order valence-electron chi connectivity index (χ3n) is 6.02. The number of hydrogen-bond acceptors (Lipinski definition) is 2. The van der Waals surface area contributed by atoms with Crippen molar-refractivity contribution < 1.29 is 19.1 Å². The quantitative estimate of drug-likeness (QED) is 0.772. The first kappa shape index (κ1) is 19.4. The van der Waals surface area contributed by atoms with Crippen LogP contribution in [0.4, 0.5) is 9.18 Å². The monoisotopic (exact) mass is 396 g/mol. The molecule has 0 aliphatic heterocycles. The van der Waals surface area contributed by atoms with Gasteiger partial charge in [-0.05, 0) is 60.9 Å². The normalized spacial score (nSPS) is 21.3. The minimum Gasteiger partial charge on any atom is -0.465 e. The highest BCUT2D eigenvalue weighted by Gasteiger charge is 2.41. The van der Waals surface area contributed by atoms with Crippen LogP contribution in [-0.2, 0) is 11.2 Å². The van der Waals surface area contributed by atoms with Crippen LogP contribution in [0.15, 0.2) is 48.5 Å². The van der Waals surface area contributed by atoms with Crippen molar-refractivity contribution in [2.45, 2.75) is 44.2 Å². The van der Waals surface area contributed by atoms with Gasteiger partial charge < -0.3 is 10.4 Å². The predicted octanol–water partition coefficient (Wildman–Crippen LogP) is 4.10. The lowest BCUT2D eigenvalue weighted by atomic mass is 9.99. The molecule has 0 bridgehead atoms. The zero-order valence-corrected chi connectivity index (χ0v) is 16.3. The van der Waals surface area contributed by atoms with Crippen molar-refractivity contribution >= 4 is 12.0 Å². The first-order valence-corrected chi connectivity index (χ1v) is 10.1. The second kappa shape index (κ2) is 7.85. The van der Waals surface area contributed by atoms with E-state index in [1.807, 2.05) is 24.3 Å². The van der Waals surface area contributed by atoms with Crippen molar-refractivity contribution in [1.82, 2.24) is 10.2 Å². The Balaban J connectivity index is 1.56. The summed E-state index contributed by atoms with van der Waals surface area (Å²) in [5.41, 5.74) is 2.76. The van der Waals surface area contributed by atoms with Crippen molar-refractivity contribution in [2.75, 3.05) is 6.54 Å².